The van der Waals surface area contributed by atoms with E-state index >= 15 is 0 Å². The van der Waals surface area contributed by atoms with Gasteiger partial charge in [-0.25, -0.2) is 0 Å². The van der Waals surface area contributed by atoms with E-state index in [-0.39, 0.29) is 17.8 Å². The molecule has 1 aromatic carbocycles. The minimum Gasteiger partial charge on any atom is -0.376 e. The first kappa shape index (κ1) is 20.1. The van der Waals surface area contributed by atoms with Crippen LogP contribution in [0.3, 0.4) is 0 Å². The van der Waals surface area contributed by atoms with E-state index in [1.165, 1.54) is 16.6 Å². The van der Waals surface area contributed by atoms with Gasteiger partial charge in [-0.1, -0.05) is 30.0 Å². The Balaban J connectivity index is 1.49. The topological polar surface area (TPSA) is 69.0 Å². The molecular weight excluding hydrogens is 404 g/mol. The Hall–Kier alpha value is -2.16. The second-order valence-electron chi connectivity index (χ2n) is 7.15. The van der Waals surface area contributed by atoms with Crippen molar-refractivity contribution in [3.63, 3.8) is 0 Å². The molecule has 1 amide bonds. The van der Waals surface area contributed by atoms with Gasteiger partial charge in [0.15, 0.2) is 11.0 Å². The Morgan fingerprint density at radius 1 is 1.34 bits per heavy atom. The molecule has 3 aromatic rings. The molecule has 1 atom stereocenters. The van der Waals surface area contributed by atoms with Crippen molar-refractivity contribution < 1.29 is 9.53 Å². The van der Waals surface area contributed by atoms with E-state index in [1.807, 2.05) is 31.2 Å². The van der Waals surface area contributed by atoms with Crippen LogP contribution < -0.4 is 5.32 Å². The fourth-order valence-corrected chi connectivity index (χ4v) is 4.78. The molecule has 1 aliphatic heterocycles. The van der Waals surface area contributed by atoms with Gasteiger partial charge in [0.1, 0.15) is 0 Å². The lowest BCUT2D eigenvalue weighted by molar-refractivity contribution is -0.113. The summed E-state index contributed by atoms with van der Waals surface area (Å²) in [7, 11) is 0. The molecule has 4 rings (SSSR count). The second-order valence-corrected chi connectivity index (χ2v) is 9.21. The van der Waals surface area contributed by atoms with Crippen LogP contribution in [-0.2, 0) is 16.1 Å². The minimum absolute atomic E-state index is 0.0519. The van der Waals surface area contributed by atoms with Crippen molar-refractivity contribution >= 4 is 34.7 Å². The van der Waals surface area contributed by atoms with Gasteiger partial charge in [0.2, 0.25) is 5.91 Å². The number of nitrogens with one attached hydrogen (secondary N) is 1. The number of para-hydroxylation sites is 1. The number of rotatable bonds is 7. The first-order valence-electron chi connectivity index (χ1n) is 9.69. The van der Waals surface area contributed by atoms with Crippen LogP contribution in [0.2, 0.25) is 0 Å². The molecule has 152 valence electrons. The van der Waals surface area contributed by atoms with Gasteiger partial charge in [0.05, 0.1) is 18.4 Å². The van der Waals surface area contributed by atoms with Crippen LogP contribution in [0, 0.1) is 13.8 Å². The molecule has 8 heteroatoms. The number of anilines is 1. The summed E-state index contributed by atoms with van der Waals surface area (Å²) in [6.45, 7) is 5.58. The van der Waals surface area contributed by atoms with Crippen LogP contribution in [0.15, 0.2) is 40.9 Å². The molecule has 1 fully saturated rings. The summed E-state index contributed by atoms with van der Waals surface area (Å²) in [6, 6.07) is 9.90. The lowest BCUT2D eigenvalue weighted by Gasteiger charge is -2.14. The molecule has 2 aromatic heterocycles. The van der Waals surface area contributed by atoms with Gasteiger partial charge in [0, 0.05) is 28.1 Å². The number of hydrogen-bond donors (Lipinski definition) is 1. The van der Waals surface area contributed by atoms with Gasteiger partial charge in [-0.3, -0.25) is 9.36 Å². The molecular formula is C21H24N4O2S2. The molecule has 1 N–H and O–H groups in total. The quantitative estimate of drug-likeness (QED) is 0.560. The number of carbonyl (C=O) groups is 1. The summed E-state index contributed by atoms with van der Waals surface area (Å²) in [4.78, 5) is 13.7. The molecule has 1 unspecified atom stereocenters. The number of thioether (sulfide) groups is 1. The van der Waals surface area contributed by atoms with E-state index in [1.54, 1.807) is 11.3 Å². The highest BCUT2D eigenvalue weighted by atomic mass is 32.2. The van der Waals surface area contributed by atoms with E-state index in [0.29, 0.717) is 6.54 Å². The van der Waals surface area contributed by atoms with E-state index in [9.17, 15) is 4.79 Å². The van der Waals surface area contributed by atoms with Crippen molar-refractivity contribution in [3.8, 4) is 11.4 Å². The zero-order valence-corrected chi connectivity index (χ0v) is 18.2. The van der Waals surface area contributed by atoms with Gasteiger partial charge in [0.25, 0.3) is 0 Å². The number of benzene rings is 1. The van der Waals surface area contributed by atoms with Crippen LogP contribution in [0.5, 0.6) is 0 Å². The monoisotopic (exact) mass is 428 g/mol. The van der Waals surface area contributed by atoms with Gasteiger partial charge in [-0.05, 0) is 44.4 Å². The van der Waals surface area contributed by atoms with Crippen LogP contribution in [-0.4, -0.2) is 39.1 Å². The first-order valence-corrected chi connectivity index (χ1v) is 11.6. The van der Waals surface area contributed by atoms with Gasteiger partial charge in [-0.2, -0.15) is 0 Å². The Morgan fingerprint density at radius 3 is 2.93 bits per heavy atom. The van der Waals surface area contributed by atoms with Crippen LogP contribution in [0.25, 0.3) is 11.4 Å². The predicted molar refractivity (Wildman–Crippen MR) is 118 cm³/mol. The third kappa shape index (κ3) is 4.88. The first-order chi connectivity index (χ1) is 14.1. The summed E-state index contributed by atoms with van der Waals surface area (Å²) >= 11 is 3.11. The maximum atomic E-state index is 12.5. The molecule has 3 heterocycles. The standard InChI is InChI=1S/C21H24N4O2S2/c1-14-6-3-4-8-18(14)22-19(26)13-29-21-24-23-20(16-10-15(2)28-12-16)25(21)11-17-7-5-9-27-17/h3-4,6,8,10,12,17H,5,7,9,11,13H2,1-2H3,(H,22,26). The third-order valence-corrected chi connectivity index (χ3v) is 6.70. The highest BCUT2D eigenvalue weighted by molar-refractivity contribution is 7.99. The number of hydrogen-bond acceptors (Lipinski definition) is 6. The second kappa shape index (κ2) is 9.11. The van der Waals surface area contributed by atoms with Gasteiger partial charge < -0.3 is 10.1 Å². The third-order valence-electron chi connectivity index (χ3n) is 4.87. The average Bonchev–Trinajstić information content (AvgIpc) is 3.44. The Bertz CT molecular complexity index is 992. The van der Waals surface area contributed by atoms with Crippen molar-refractivity contribution in [2.24, 2.45) is 0 Å². The lowest BCUT2D eigenvalue weighted by atomic mass is 10.2. The smallest absolute Gasteiger partial charge is 0.234 e. The molecule has 0 aliphatic carbocycles. The van der Waals surface area contributed by atoms with Crippen molar-refractivity contribution in [3.05, 3.63) is 46.2 Å². The maximum absolute atomic E-state index is 12.5. The predicted octanol–water partition coefficient (Wildman–Crippen LogP) is 4.53. The SMILES string of the molecule is Cc1cc(-c2nnc(SCC(=O)Nc3ccccc3C)n2CC2CCCO2)cs1. The van der Waals surface area contributed by atoms with E-state index in [0.717, 1.165) is 47.2 Å². The maximum Gasteiger partial charge on any atom is 0.234 e. The van der Waals surface area contributed by atoms with Gasteiger partial charge in [-0.15, -0.1) is 21.5 Å². The highest BCUT2D eigenvalue weighted by Crippen LogP contribution is 2.29. The molecule has 29 heavy (non-hydrogen) atoms. The molecule has 0 bridgehead atoms. The number of nitrogens with zero attached hydrogens (tertiary/aromatic N) is 3. The van der Waals surface area contributed by atoms with Crippen molar-refractivity contribution in [1.82, 2.24) is 14.8 Å². The van der Waals surface area contributed by atoms with E-state index in [2.05, 4.69) is 38.5 Å². The number of aryl methyl sites for hydroxylation is 2. The summed E-state index contributed by atoms with van der Waals surface area (Å²) < 4.78 is 7.93. The normalized spacial score (nSPS) is 16.3. The fourth-order valence-electron chi connectivity index (χ4n) is 3.36. The Kier molecular flexibility index (Phi) is 6.32. The zero-order chi connectivity index (χ0) is 20.2. The molecule has 1 saturated heterocycles. The Labute approximate surface area is 178 Å². The Morgan fingerprint density at radius 2 is 2.21 bits per heavy atom. The lowest BCUT2D eigenvalue weighted by Crippen LogP contribution is -2.18. The molecule has 0 spiro atoms. The van der Waals surface area contributed by atoms with E-state index in [4.69, 9.17) is 4.74 Å². The largest absolute Gasteiger partial charge is 0.376 e. The van der Waals surface area contributed by atoms with Crippen molar-refractivity contribution in [2.45, 2.75) is 44.5 Å². The summed E-state index contributed by atoms with van der Waals surface area (Å²) in [5.41, 5.74) is 2.95. The van der Waals surface area contributed by atoms with Crippen molar-refractivity contribution in [2.75, 3.05) is 17.7 Å². The molecule has 0 saturated carbocycles. The number of amides is 1. The summed E-state index contributed by atoms with van der Waals surface area (Å²) in [6.07, 6.45) is 2.30. The number of aromatic nitrogens is 3. The zero-order valence-electron chi connectivity index (χ0n) is 16.6. The number of thiophene rings is 1. The number of ether oxygens (including phenoxy) is 1. The molecule has 0 radical (unpaired) electrons. The number of carbonyl (C=O) groups excluding carboxylic acids is 1. The van der Waals surface area contributed by atoms with Crippen LogP contribution >= 0.6 is 23.1 Å². The average molecular weight is 429 g/mol. The minimum atomic E-state index is -0.0519. The summed E-state index contributed by atoms with van der Waals surface area (Å²) in [5, 5.41) is 14.6. The van der Waals surface area contributed by atoms with Gasteiger partial charge >= 0.3 is 0 Å². The van der Waals surface area contributed by atoms with Crippen LogP contribution in [0.1, 0.15) is 23.3 Å². The van der Waals surface area contributed by atoms with Crippen LogP contribution in [0.4, 0.5) is 5.69 Å². The van der Waals surface area contributed by atoms with E-state index < -0.39 is 0 Å². The fraction of sp³-hybridized carbons (Fsp3) is 0.381. The summed E-state index contributed by atoms with van der Waals surface area (Å²) in [5.74, 6) is 1.07. The highest BCUT2D eigenvalue weighted by Gasteiger charge is 2.22. The molecule has 6 nitrogen and oxygen atoms in total. The molecule has 1 aliphatic rings. The van der Waals surface area contributed by atoms with Crippen molar-refractivity contribution in [1.29, 1.82) is 0 Å².